The van der Waals surface area contributed by atoms with E-state index < -0.39 is 19.9 Å². The molecular weight excluding hydrogens is 649 g/mol. The zero-order valence-electron chi connectivity index (χ0n) is 31.6. The van der Waals surface area contributed by atoms with Crippen LogP contribution in [-0.4, -0.2) is 43.3 Å². The fourth-order valence-electron chi connectivity index (χ4n) is 4.88. The lowest BCUT2D eigenvalue weighted by atomic mass is 10.0. The smallest absolute Gasteiger partial charge is 0.472 e. The molecule has 0 saturated heterocycles. The summed E-state index contributed by atoms with van der Waals surface area (Å²) in [6.07, 6.45) is 47.3. The first kappa shape index (κ1) is 47.8. The topological polar surface area (TPSA) is 117 Å². The van der Waals surface area contributed by atoms with Crippen LogP contribution in [0.15, 0.2) is 73.1 Å². The van der Waals surface area contributed by atoms with E-state index >= 15 is 0 Å². The fraction of sp³-hybridized carbons (Fsp3) is 0.683. The lowest BCUT2D eigenvalue weighted by Gasteiger charge is -2.19. The predicted molar refractivity (Wildman–Crippen MR) is 210 cm³/mol. The van der Waals surface area contributed by atoms with Crippen molar-refractivity contribution in [3.05, 3.63) is 73.1 Å². The maximum Gasteiger partial charge on any atom is 0.472 e. The summed E-state index contributed by atoms with van der Waals surface area (Å²) in [4.78, 5) is 22.4. The first-order valence-corrected chi connectivity index (χ1v) is 21.0. The summed E-state index contributed by atoms with van der Waals surface area (Å²) in [5, 5.41) is 0. The largest absolute Gasteiger partial charge is 0.498 e. The molecule has 0 aromatic carbocycles. The number of ether oxygens (including phenoxy) is 2. The van der Waals surface area contributed by atoms with Crippen molar-refractivity contribution in [2.45, 2.75) is 155 Å². The normalized spacial score (nSPS) is 14.3. The number of unbranched alkanes of at least 4 members (excludes halogenated alkanes) is 13. The fourth-order valence-corrected chi connectivity index (χ4v) is 5.64. The minimum Gasteiger partial charge on any atom is -0.498 e. The summed E-state index contributed by atoms with van der Waals surface area (Å²) >= 11 is 0. The second kappa shape index (κ2) is 38.0. The van der Waals surface area contributed by atoms with Crippen LogP contribution in [0.5, 0.6) is 0 Å². The van der Waals surface area contributed by atoms with Crippen LogP contribution in [0, 0.1) is 0 Å². The summed E-state index contributed by atoms with van der Waals surface area (Å²) in [5.74, 6) is -0.411. The van der Waals surface area contributed by atoms with Gasteiger partial charge in [-0.3, -0.25) is 13.8 Å². The van der Waals surface area contributed by atoms with Crippen molar-refractivity contribution in [2.24, 2.45) is 5.73 Å². The van der Waals surface area contributed by atoms with Gasteiger partial charge in [-0.2, -0.15) is 0 Å². The Balaban J connectivity index is 4.27. The Bertz CT molecular complexity index is 989. The van der Waals surface area contributed by atoms with Gasteiger partial charge < -0.3 is 20.1 Å². The molecule has 0 amide bonds. The average Bonchev–Trinajstić information content (AvgIpc) is 3.10. The van der Waals surface area contributed by atoms with Gasteiger partial charge in [-0.15, -0.1) is 0 Å². The Labute approximate surface area is 305 Å². The molecule has 3 N–H and O–H groups in total. The highest BCUT2D eigenvalue weighted by molar-refractivity contribution is 7.47. The molecule has 2 atom stereocenters. The molecule has 0 radical (unpaired) electrons. The quantitative estimate of drug-likeness (QED) is 0.0216. The minimum absolute atomic E-state index is 0.00629. The molecular formula is C41H72NO7P. The monoisotopic (exact) mass is 722 g/mol. The lowest BCUT2D eigenvalue weighted by molar-refractivity contribution is -0.153. The van der Waals surface area contributed by atoms with Crippen LogP contribution in [0.25, 0.3) is 0 Å². The second-order valence-corrected chi connectivity index (χ2v) is 13.9. The van der Waals surface area contributed by atoms with Crippen molar-refractivity contribution in [3.63, 3.8) is 0 Å². The molecule has 0 aromatic heterocycles. The minimum atomic E-state index is -4.31. The van der Waals surface area contributed by atoms with Crippen molar-refractivity contribution in [1.29, 1.82) is 0 Å². The lowest BCUT2D eigenvalue weighted by Crippen LogP contribution is -2.27. The Morgan fingerprint density at radius 1 is 0.640 bits per heavy atom. The van der Waals surface area contributed by atoms with Gasteiger partial charge in [0.05, 0.1) is 19.5 Å². The van der Waals surface area contributed by atoms with E-state index in [0.29, 0.717) is 6.42 Å². The van der Waals surface area contributed by atoms with Gasteiger partial charge in [0.1, 0.15) is 6.61 Å². The predicted octanol–water partition coefficient (Wildman–Crippen LogP) is 11.5. The number of hydrogen-bond acceptors (Lipinski definition) is 7. The SMILES string of the molecule is CC/C=C/C/C=C/C/C=C/C/C=C/C/C=C/CCCC(=O)O[C@H](CO/C=C/CCCCCCCCCCCCCC)COP(=O)(O)OCCN. The highest BCUT2D eigenvalue weighted by Gasteiger charge is 2.25. The Hall–Kier alpha value is -2.22. The molecule has 9 heteroatoms. The highest BCUT2D eigenvalue weighted by atomic mass is 31.2. The number of rotatable bonds is 36. The molecule has 0 aliphatic rings. The van der Waals surface area contributed by atoms with E-state index in [4.69, 9.17) is 24.3 Å². The third kappa shape index (κ3) is 37.0. The van der Waals surface area contributed by atoms with Gasteiger partial charge in [0.25, 0.3) is 0 Å². The van der Waals surface area contributed by atoms with Crippen LogP contribution in [0.3, 0.4) is 0 Å². The first-order chi connectivity index (χ1) is 24.4. The third-order valence-corrected chi connectivity index (χ3v) is 8.69. The zero-order valence-corrected chi connectivity index (χ0v) is 32.5. The summed E-state index contributed by atoms with van der Waals surface area (Å²) in [6, 6.07) is 0. The van der Waals surface area contributed by atoms with Gasteiger partial charge in [0, 0.05) is 13.0 Å². The van der Waals surface area contributed by atoms with Crippen molar-refractivity contribution in [2.75, 3.05) is 26.4 Å². The van der Waals surface area contributed by atoms with Gasteiger partial charge in [-0.05, 0) is 63.9 Å². The van der Waals surface area contributed by atoms with Crippen LogP contribution in [-0.2, 0) is 27.9 Å². The maximum atomic E-state index is 12.5. The van der Waals surface area contributed by atoms with Crippen molar-refractivity contribution >= 4 is 13.8 Å². The molecule has 0 heterocycles. The van der Waals surface area contributed by atoms with E-state index in [-0.39, 0.29) is 32.8 Å². The summed E-state index contributed by atoms with van der Waals surface area (Å²) in [7, 11) is -4.31. The van der Waals surface area contributed by atoms with E-state index in [1.807, 2.05) is 6.08 Å². The third-order valence-electron chi connectivity index (χ3n) is 7.70. The van der Waals surface area contributed by atoms with Gasteiger partial charge in [0.15, 0.2) is 6.10 Å². The number of phosphoric ester groups is 1. The molecule has 0 saturated carbocycles. The van der Waals surface area contributed by atoms with Crippen LogP contribution >= 0.6 is 7.82 Å². The van der Waals surface area contributed by atoms with Gasteiger partial charge >= 0.3 is 13.8 Å². The molecule has 1 unspecified atom stereocenters. The Morgan fingerprint density at radius 2 is 1.14 bits per heavy atom. The van der Waals surface area contributed by atoms with E-state index in [1.165, 1.54) is 70.6 Å². The number of phosphoric acid groups is 1. The Kier molecular flexibility index (Phi) is 36.3. The van der Waals surface area contributed by atoms with Crippen LogP contribution < -0.4 is 5.73 Å². The van der Waals surface area contributed by atoms with Crippen molar-refractivity contribution in [3.8, 4) is 0 Å². The average molecular weight is 722 g/mol. The molecule has 288 valence electrons. The molecule has 0 spiro atoms. The van der Waals surface area contributed by atoms with Gasteiger partial charge in [-0.25, -0.2) is 4.57 Å². The summed E-state index contributed by atoms with van der Waals surface area (Å²) < 4.78 is 33.0. The maximum absolute atomic E-state index is 12.5. The Morgan fingerprint density at radius 3 is 1.68 bits per heavy atom. The molecule has 8 nitrogen and oxygen atoms in total. The van der Waals surface area contributed by atoms with Crippen LogP contribution in [0.2, 0.25) is 0 Å². The van der Waals surface area contributed by atoms with E-state index in [9.17, 15) is 14.3 Å². The van der Waals surface area contributed by atoms with E-state index in [0.717, 1.165) is 51.4 Å². The summed E-state index contributed by atoms with van der Waals surface area (Å²) in [5.41, 5.74) is 5.34. The molecule has 0 rings (SSSR count). The number of nitrogens with two attached hydrogens (primary N) is 1. The van der Waals surface area contributed by atoms with Crippen LogP contribution in [0.4, 0.5) is 0 Å². The van der Waals surface area contributed by atoms with E-state index in [2.05, 4.69) is 74.6 Å². The second-order valence-electron chi connectivity index (χ2n) is 12.5. The number of esters is 1. The summed E-state index contributed by atoms with van der Waals surface area (Å²) in [6.45, 7) is 4.04. The molecule has 0 aromatic rings. The molecule has 0 aliphatic carbocycles. The number of allylic oxidation sites excluding steroid dienone is 11. The van der Waals surface area contributed by atoms with Crippen molar-refractivity contribution < 1.29 is 32.8 Å². The standard InChI is InChI=1S/C41H72NO7P/c1-3-5-7-9-11-13-15-17-19-20-21-22-24-26-28-30-32-34-41(43)49-40(39-48-50(44,45)47-37-35-42)38-46-36-33-31-29-27-25-23-18-16-14-12-10-8-6-4-2/h5,7,11,13,17,19,21-22,26,28,33,36,40H,3-4,6,8-10,12,14-16,18,20,23-25,27,29-32,34-35,37-39,42H2,1-2H3,(H,44,45)/b7-5+,13-11+,19-17+,22-21+,28-26+,36-33+/t40-/m1/s1. The van der Waals surface area contributed by atoms with Crippen LogP contribution in [0.1, 0.15) is 149 Å². The van der Waals surface area contributed by atoms with E-state index in [1.54, 1.807) is 6.26 Å². The molecule has 0 bridgehead atoms. The molecule has 50 heavy (non-hydrogen) atoms. The molecule has 0 fully saturated rings. The molecule has 0 aliphatic heterocycles. The van der Waals surface area contributed by atoms with Crippen molar-refractivity contribution in [1.82, 2.24) is 0 Å². The number of carbonyl (C=O) groups excluding carboxylic acids is 1. The zero-order chi connectivity index (χ0) is 36.6. The van der Waals surface area contributed by atoms with Gasteiger partial charge in [-0.1, -0.05) is 145 Å². The number of carbonyl (C=O) groups is 1. The van der Waals surface area contributed by atoms with Gasteiger partial charge in [0.2, 0.25) is 0 Å². The highest BCUT2D eigenvalue weighted by Crippen LogP contribution is 2.43. The number of hydrogen-bond donors (Lipinski definition) is 2. The first-order valence-electron chi connectivity index (χ1n) is 19.5.